The topological polar surface area (TPSA) is 58.9 Å². The average molecular weight is 831 g/mol. The molecule has 0 radical (unpaired) electrons. The van der Waals surface area contributed by atoms with E-state index in [1.54, 1.807) is 0 Å². The number of hydrogen-bond donors (Lipinski definition) is 2. The highest BCUT2D eigenvalue weighted by molar-refractivity contribution is 6.02. The highest BCUT2D eigenvalue weighted by atomic mass is 16.5. The quantitative estimate of drug-likeness (QED) is 0.0709. The van der Waals surface area contributed by atoms with Crippen molar-refractivity contribution >= 4 is 21.5 Å². The summed E-state index contributed by atoms with van der Waals surface area (Å²) in [6, 6.07) is 49.9. The summed E-state index contributed by atoms with van der Waals surface area (Å²) < 4.78 is 13.5. The molecule has 2 N–H and O–H groups in total. The van der Waals surface area contributed by atoms with E-state index in [9.17, 15) is 10.2 Å². The molecule has 0 aromatic heterocycles. The number of fused-ring (bicyclic) bond motifs is 2. The van der Waals surface area contributed by atoms with Crippen LogP contribution in [0.25, 0.3) is 66.1 Å². The average Bonchev–Trinajstić information content (AvgIpc) is 3.31. The molecule has 0 aliphatic rings. The van der Waals surface area contributed by atoms with Gasteiger partial charge in [-0.3, -0.25) is 0 Å². The summed E-state index contributed by atoms with van der Waals surface area (Å²) in [4.78, 5) is 0. The van der Waals surface area contributed by atoms with Crippen molar-refractivity contribution in [2.24, 2.45) is 5.92 Å². The van der Waals surface area contributed by atoms with Gasteiger partial charge in [-0.25, -0.2) is 0 Å². The summed E-state index contributed by atoms with van der Waals surface area (Å²) in [5, 5.41) is 28.8. The Bertz CT molecular complexity index is 2900. The van der Waals surface area contributed by atoms with Crippen LogP contribution in [-0.2, 0) is 12.8 Å². The molecule has 8 rings (SSSR count). The van der Waals surface area contributed by atoms with Crippen LogP contribution in [0.2, 0.25) is 0 Å². The van der Waals surface area contributed by atoms with Crippen LogP contribution >= 0.6 is 0 Å². The molecular weight excluding hydrogens is 773 g/mol. The molecule has 63 heavy (non-hydrogen) atoms. The fourth-order valence-electron chi connectivity index (χ4n) is 9.02. The minimum atomic E-state index is -0.0326. The number of ether oxygens (including phenoxy) is 2. The number of aryl methyl sites for hydroxylation is 4. The summed E-state index contributed by atoms with van der Waals surface area (Å²) >= 11 is 0. The third kappa shape index (κ3) is 9.08. The monoisotopic (exact) mass is 830 g/mol. The molecule has 0 heterocycles. The summed E-state index contributed by atoms with van der Waals surface area (Å²) in [5.74, 6) is 1.85. The van der Waals surface area contributed by atoms with E-state index in [1.165, 1.54) is 5.56 Å². The molecule has 8 aromatic carbocycles. The zero-order valence-electron chi connectivity index (χ0n) is 37.1. The number of hydrogen-bond acceptors (Lipinski definition) is 4. The van der Waals surface area contributed by atoms with E-state index in [2.05, 4.69) is 125 Å². The van der Waals surface area contributed by atoms with Crippen molar-refractivity contribution in [3.8, 4) is 67.5 Å². The van der Waals surface area contributed by atoms with Gasteiger partial charge in [0.1, 0.15) is 23.0 Å². The molecule has 0 aliphatic carbocycles. The molecule has 4 nitrogen and oxygen atoms in total. The number of unbranched alkanes of at least 4 members (excludes halogenated alkanes) is 2. The number of para-hydroxylation sites is 2. The molecule has 0 amide bonds. The highest BCUT2D eigenvalue weighted by Gasteiger charge is 2.22. The Morgan fingerprint density at radius 2 is 1.02 bits per heavy atom. The number of phenols is 2. The molecule has 0 saturated heterocycles. The standard InChI is InChI=1S/C59H58O4/c1-6-9-10-18-42-30-34-55(53(36-42)49-24-16-26-51(59(49)61)57-40(5)28-32-45-20-12-14-22-47(45)57)63-38-43(17-7-2)37-62-54-33-29-41(8-3)35-52(54)48-23-15-25-50(58(48)60)56-39(4)27-31-44-19-11-13-21-46(44)56/h7,11-16,19-36,43,60-61H,2,6,8-10,17-18,37-38H2,1,3-5H3. The third-order valence-corrected chi connectivity index (χ3v) is 12.5. The van der Waals surface area contributed by atoms with Crippen LogP contribution in [0.1, 0.15) is 61.8 Å². The molecule has 4 heteroatoms. The molecule has 1 atom stereocenters. The fourth-order valence-corrected chi connectivity index (χ4v) is 9.02. The minimum Gasteiger partial charge on any atom is -0.507 e. The first-order valence-corrected chi connectivity index (χ1v) is 22.5. The Balaban J connectivity index is 1.10. The van der Waals surface area contributed by atoms with Gasteiger partial charge in [0, 0.05) is 39.3 Å². The predicted octanol–water partition coefficient (Wildman–Crippen LogP) is 15.6. The van der Waals surface area contributed by atoms with Crippen LogP contribution in [0.4, 0.5) is 0 Å². The highest BCUT2D eigenvalue weighted by Crippen LogP contribution is 2.47. The van der Waals surface area contributed by atoms with Gasteiger partial charge in [-0.15, -0.1) is 6.58 Å². The molecule has 0 spiro atoms. The lowest BCUT2D eigenvalue weighted by Gasteiger charge is -2.22. The summed E-state index contributed by atoms with van der Waals surface area (Å²) in [6.07, 6.45) is 7.81. The SMILES string of the molecule is C=CCC(COc1ccc(CC)cc1-c1cccc(-c2c(C)ccc3ccccc23)c1O)COc1ccc(CCCCC)cc1-c1cccc(-c2c(C)ccc3ccccc23)c1O. The Hall–Kier alpha value is -6.78. The summed E-state index contributed by atoms with van der Waals surface area (Å²) in [5.41, 5.74) is 11.4. The number of phenolic OH excluding ortho intramolecular Hbond substituents is 2. The Labute approximate surface area is 373 Å². The van der Waals surface area contributed by atoms with Gasteiger partial charge < -0.3 is 19.7 Å². The van der Waals surface area contributed by atoms with Gasteiger partial charge in [0.2, 0.25) is 0 Å². The van der Waals surface area contributed by atoms with E-state index in [0.717, 1.165) is 115 Å². The van der Waals surface area contributed by atoms with E-state index >= 15 is 0 Å². The first-order valence-electron chi connectivity index (χ1n) is 22.5. The smallest absolute Gasteiger partial charge is 0.131 e. The van der Waals surface area contributed by atoms with Gasteiger partial charge in [-0.05, 0) is 119 Å². The minimum absolute atomic E-state index is 0.0326. The third-order valence-electron chi connectivity index (χ3n) is 12.5. The van der Waals surface area contributed by atoms with Crippen molar-refractivity contribution in [2.75, 3.05) is 13.2 Å². The molecule has 0 saturated carbocycles. The lowest BCUT2D eigenvalue weighted by atomic mass is 9.90. The zero-order chi connectivity index (χ0) is 43.9. The number of aromatic hydroxyl groups is 2. The van der Waals surface area contributed by atoms with E-state index in [0.29, 0.717) is 31.1 Å². The van der Waals surface area contributed by atoms with Gasteiger partial charge in [-0.1, -0.05) is 154 Å². The molecule has 1 unspecified atom stereocenters. The van der Waals surface area contributed by atoms with Crippen LogP contribution in [-0.4, -0.2) is 23.4 Å². The second kappa shape index (κ2) is 19.5. The van der Waals surface area contributed by atoms with Gasteiger partial charge in [-0.2, -0.15) is 0 Å². The maximum absolute atomic E-state index is 12.2. The zero-order valence-corrected chi connectivity index (χ0v) is 37.1. The van der Waals surface area contributed by atoms with Gasteiger partial charge in [0.25, 0.3) is 0 Å². The lowest BCUT2D eigenvalue weighted by molar-refractivity contribution is 0.179. The van der Waals surface area contributed by atoms with Crippen molar-refractivity contribution in [1.82, 2.24) is 0 Å². The molecule has 8 aromatic rings. The maximum Gasteiger partial charge on any atom is 0.131 e. The second-order valence-corrected chi connectivity index (χ2v) is 16.8. The first-order chi connectivity index (χ1) is 30.8. The van der Waals surface area contributed by atoms with Gasteiger partial charge in [0.05, 0.1) is 13.2 Å². The summed E-state index contributed by atoms with van der Waals surface area (Å²) in [7, 11) is 0. The maximum atomic E-state index is 12.2. The normalized spacial score (nSPS) is 11.8. The molecule has 0 fully saturated rings. The summed E-state index contributed by atoms with van der Waals surface area (Å²) in [6.45, 7) is 13.4. The lowest BCUT2D eigenvalue weighted by Crippen LogP contribution is -2.20. The van der Waals surface area contributed by atoms with Crippen molar-refractivity contribution in [3.05, 3.63) is 181 Å². The van der Waals surface area contributed by atoms with Gasteiger partial charge >= 0.3 is 0 Å². The molecular formula is C59H58O4. The second-order valence-electron chi connectivity index (χ2n) is 16.8. The molecule has 0 aliphatic heterocycles. The van der Waals surface area contributed by atoms with Crippen LogP contribution < -0.4 is 9.47 Å². The predicted molar refractivity (Wildman–Crippen MR) is 264 cm³/mol. The van der Waals surface area contributed by atoms with Crippen molar-refractivity contribution in [2.45, 2.75) is 66.2 Å². The number of allylic oxidation sites excluding steroid dienone is 1. The Morgan fingerprint density at radius 1 is 0.524 bits per heavy atom. The molecule has 0 bridgehead atoms. The number of rotatable bonds is 17. The Kier molecular flexibility index (Phi) is 13.3. The van der Waals surface area contributed by atoms with E-state index in [-0.39, 0.29) is 17.4 Å². The Morgan fingerprint density at radius 3 is 1.52 bits per heavy atom. The van der Waals surface area contributed by atoms with Gasteiger partial charge in [0.15, 0.2) is 0 Å². The van der Waals surface area contributed by atoms with Crippen molar-refractivity contribution < 1.29 is 19.7 Å². The van der Waals surface area contributed by atoms with Crippen molar-refractivity contribution in [3.63, 3.8) is 0 Å². The van der Waals surface area contributed by atoms with Crippen molar-refractivity contribution in [1.29, 1.82) is 0 Å². The number of benzene rings is 8. The van der Waals surface area contributed by atoms with Crippen LogP contribution in [0.5, 0.6) is 23.0 Å². The van der Waals surface area contributed by atoms with E-state index in [1.807, 2.05) is 60.7 Å². The molecule has 318 valence electrons. The first kappa shape index (κ1) is 42.9. The van der Waals surface area contributed by atoms with Crippen LogP contribution in [0, 0.1) is 19.8 Å². The van der Waals surface area contributed by atoms with Crippen LogP contribution in [0.15, 0.2) is 158 Å². The van der Waals surface area contributed by atoms with E-state index < -0.39 is 0 Å². The fraction of sp³-hybridized carbons (Fsp3) is 0.220. The van der Waals surface area contributed by atoms with Crippen LogP contribution in [0.3, 0.4) is 0 Å². The van der Waals surface area contributed by atoms with E-state index in [4.69, 9.17) is 9.47 Å². The largest absolute Gasteiger partial charge is 0.507 e.